The van der Waals surface area contributed by atoms with Gasteiger partial charge in [-0.1, -0.05) is 18.2 Å². The summed E-state index contributed by atoms with van der Waals surface area (Å²) in [5, 5.41) is 0. The summed E-state index contributed by atoms with van der Waals surface area (Å²) >= 11 is 0. The summed E-state index contributed by atoms with van der Waals surface area (Å²) < 4.78 is 45.0. The summed E-state index contributed by atoms with van der Waals surface area (Å²) in [7, 11) is 0. The van der Waals surface area contributed by atoms with E-state index in [0.717, 1.165) is 12.5 Å². The van der Waals surface area contributed by atoms with Crippen molar-refractivity contribution in [2.75, 3.05) is 6.54 Å². The Balaban J connectivity index is 1.64. The number of H-pyrrole nitrogens is 1. The van der Waals surface area contributed by atoms with Gasteiger partial charge in [0, 0.05) is 19.0 Å². The van der Waals surface area contributed by atoms with Gasteiger partial charge in [-0.15, -0.1) is 0 Å². The molecule has 1 saturated heterocycles. The molecule has 28 heavy (non-hydrogen) atoms. The number of imidazole rings is 1. The number of nitrogens with zero attached hydrogens (tertiary/aromatic N) is 3. The normalized spacial score (nSPS) is 17.3. The Bertz CT molecular complexity index is 1010. The molecule has 0 saturated carbocycles. The molecule has 1 aliphatic rings. The van der Waals surface area contributed by atoms with Crippen molar-refractivity contribution in [1.29, 1.82) is 0 Å². The Morgan fingerprint density at radius 2 is 2.11 bits per heavy atom. The van der Waals surface area contributed by atoms with Gasteiger partial charge >= 0.3 is 6.18 Å². The SMILES string of the molecule is Cc1nc(C(=O)N2CCCC2c2ncc(-c3ccccc3C(F)(F)F)[nH]2)co1. The largest absolute Gasteiger partial charge is 0.448 e. The highest BCUT2D eigenvalue weighted by atomic mass is 19.4. The monoisotopic (exact) mass is 390 g/mol. The predicted molar refractivity (Wildman–Crippen MR) is 93.3 cm³/mol. The molecule has 3 aromatic rings. The fraction of sp³-hybridized carbons (Fsp3) is 0.316. The number of hydrogen-bond donors (Lipinski definition) is 1. The molecule has 1 aliphatic heterocycles. The summed E-state index contributed by atoms with van der Waals surface area (Å²) in [5.41, 5.74) is -0.238. The molecular weight excluding hydrogens is 373 g/mol. The number of likely N-dealkylation sites (tertiary alicyclic amines) is 1. The molecule has 0 radical (unpaired) electrons. The van der Waals surface area contributed by atoms with E-state index in [4.69, 9.17) is 4.42 Å². The average molecular weight is 390 g/mol. The predicted octanol–water partition coefficient (Wildman–Crippen LogP) is 4.37. The lowest BCUT2D eigenvalue weighted by molar-refractivity contribution is -0.137. The van der Waals surface area contributed by atoms with Gasteiger partial charge in [-0.05, 0) is 18.9 Å². The topological polar surface area (TPSA) is 75.0 Å². The molecule has 1 atom stereocenters. The number of rotatable bonds is 3. The van der Waals surface area contributed by atoms with E-state index in [1.165, 1.54) is 24.6 Å². The molecular formula is C19H17F3N4O2. The number of aromatic nitrogens is 3. The third-order valence-electron chi connectivity index (χ3n) is 4.79. The van der Waals surface area contributed by atoms with Gasteiger partial charge in [-0.3, -0.25) is 4.79 Å². The quantitative estimate of drug-likeness (QED) is 0.721. The number of amides is 1. The van der Waals surface area contributed by atoms with Crippen molar-refractivity contribution in [1.82, 2.24) is 19.9 Å². The van der Waals surface area contributed by atoms with Crippen molar-refractivity contribution in [3.8, 4) is 11.3 Å². The first-order valence-corrected chi connectivity index (χ1v) is 8.79. The van der Waals surface area contributed by atoms with Crippen molar-refractivity contribution < 1.29 is 22.4 Å². The molecule has 0 aliphatic carbocycles. The Morgan fingerprint density at radius 1 is 1.32 bits per heavy atom. The fourth-order valence-electron chi connectivity index (χ4n) is 3.51. The number of hydrogen-bond acceptors (Lipinski definition) is 4. The van der Waals surface area contributed by atoms with Crippen molar-refractivity contribution in [2.45, 2.75) is 32.0 Å². The van der Waals surface area contributed by atoms with Crippen molar-refractivity contribution >= 4 is 5.91 Å². The molecule has 1 N–H and O–H groups in total. The van der Waals surface area contributed by atoms with Crippen LogP contribution in [0.5, 0.6) is 0 Å². The molecule has 1 fully saturated rings. The minimum Gasteiger partial charge on any atom is -0.448 e. The maximum Gasteiger partial charge on any atom is 0.417 e. The van der Waals surface area contributed by atoms with Gasteiger partial charge in [0.25, 0.3) is 5.91 Å². The number of oxazole rings is 1. The molecule has 1 unspecified atom stereocenters. The number of aromatic amines is 1. The van der Waals surface area contributed by atoms with Gasteiger partial charge < -0.3 is 14.3 Å². The highest BCUT2D eigenvalue weighted by Gasteiger charge is 2.36. The van der Waals surface area contributed by atoms with E-state index in [1.807, 2.05) is 0 Å². The highest BCUT2D eigenvalue weighted by molar-refractivity contribution is 5.92. The molecule has 0 bridgehead atoms. The van der Waals surface area contributed by atoms with Crippen LogP contribution in [-0.4, -0.2) is 32.3 Å². The van der Waals surface area contributed by atoms with Crippen LogP contribution in [0.4, 0.5) is 13.2 Å². The van der Waals surface area contributed by atoms with Gasteiger partial charge in [-0.25, -0.2) is 9.97 Å². The third kappa shape index (κ3) is 3.28. The molecule has 4 rings (SSSR count). The maximum absolute atomic E-state index is 13.3. The molecule has 3 heterocycles. The van der Waals surface area contributed by atoms with Gasteiger partial charge in [0.05, 0.1) is 23.5 Å². The number of nitrogens with one attached hydrogen (secondary N) is 1. The Kier molecular flexibility index (Phi) is 4.44. The zero-order chi connectivity index (χ0) is 19.9. The Hall–Kier alpha value is -3.10. The maximum atomic E-state index is 13.3. The number of alkyl halides is 3. The van der Waals surface area contributed by atoms with E-state index < -0.39 is 11.7 Å². The van der Waals surface area contributed by atoms with Crippen molar-refractivity contribution in [3.63, 3.8) is 0 Å². The van der Waals surface area contributed by atoms with Crippen LogP contribution in [0.1, 0.15) is 46.7 Å². The van der Waals surface area contributed by atoms with Gasteiger partial charge in [-0.2, -0.15) is 13.2 Å². The number of aryl methyl sites for hydroxylation is 1. The van der Waals surface area contributed by atoms with E-state index in [1.54, 1.807) is 17.9 Å². The summed E-state index contributed by atoms with van der Waals surface area (Å²) in [5.74, 6) is 0.564. The molecule has 1 amide bonds. The summed E-state index contributed by atoms with van der Waals surface area (Å²) in [6, 6.07) is 4.98. The molecule has 1 aromatic carbocycles. The van der Waals surface area contributed by atoms with E-state index >= 15 is 0 Å². The molecule has 9 heteroatoms. The van der Waals surface area contributed by atoms with Crippen LogP contribution in [0.25, 0.3) is 11.3 Å². The second-order valence-electron chi connectivity index (χ2n) is 6.63. The second-order valence-corrected chi connectivity index (χ2v) is 6.63. The molecule has 0 spiro atoms. The van der Waals surface area contributed by atoms with Crippen LogP contribution in [-0.2, 0) is 6.18 Å². The number of halogens is 3. The first-order chi connectivity index (χ1) is 13.3. The number of benzene rings is 1. The lowest BCUT2D eigenvalue weighted by Gasteiger charge is -2.22. The molecule has 146 valence electrons. The zero-order valence-corrected chi connectivity index (χ0v) is 15.0. The van der Waals surface area contributed by atoms with Crippen LogP contribution in [0.3, 0.4) is 0 Å². The minimum absolute atomic E-state index is 0.0248. The highest BCUT2D eigenvalue weighted by Crippen LogP contribution is 2.38. The van der Waals surface area contributed by atoms with Crippen molar-refractivity contribution in [3.05, 3.63) is 59.7 Å². The van der Waals surface area contributed by atoms with Gasteiger partial charge in [0.1, 0.15) is 12.1 Å². The van der Waals surface area contributed by atoms with E-state index in [2.05, 4.69) is 15.0 Å². The standard InChI is InChI=1S/C19H17F3N4O2/c1-11-24-15(10-28-11)18(27)26-8-4-7-16(26)17-23-9-14(25-17)12-5-2-3-6-13(12)19(20,21)22/h2-3,5-6,9-10,16H,4,7-8H2,1H3,(H,23,25). The van der Waals surface area contributed by atoms with E-state index in [9.17, 15) is 18.0 Å². The average Bonchev–Trinajstić information content (AvgIpc) is 3.40. The van der Waals surface area contributed by atoms with Gasteiger partial charge in [0.15, 0.2) is 11.6 Å². The fourth-order valence-corrected chi connectivity index (χ4v) is 3.51. The van der Waals surface area contributed by atoms with Crippen LogP contribution in [0, 0.1) is 6.92 Å². The Labute approximate surface area is 158 Å². The second kappa shape index (κ2) is 6.81. The van der Waals surface area contributed by atoms with E-state index in [0.29, 0.717) is 24.7 Å². The number of carbonyl (C=O) groups is 1. The van der Waals surface area contributed by atoms with Crippen LogP contribution >= 0.6 is 0 Å². The first kappa shape index (κ1) is 18.3. The smallest absolute Gasteiger partial charge is 0.417 e. The summed E-state index contributed by atoms with van der Waals surface area (Å²) in [4.78, 5) is 25.6. The summed E-state index contributed by atoms with van der Waals surface area (Å²) in [6.45, 7) is 2.17. The zero-order valence-electron chi connectivity index (χ0n) is 15.0. The lowest BCUT2D eigenvalue weighted by Crippen LogP contribution is -2.31. The van der Waals surface area contributed by atoms with Crippen LogP contribution < -0.4 is 0 Å². The molecule has 2 aromatic heterocycles. The first-order valence-electron chi connectivity index (χ1n) is 8.79. The Morgan fingerprint density at radius 3 is 2.82 bits per heavy atom. The summed E-state index contributed by atoms with van der Waals surface area (Å²) in [6.07, 6.45) is -0.359. The third-order valence-corrected chi connectivity index (χ3v) is 4.79. The van der Waals surface area contributed by atoms with Crippen LogP contribution in [0.2, 0.25) is 0 Å². The minimum atomic E-state index is -4.47. The van der Waals surface area contributed by atoms with Crippen LogP contribution in [0.15, 0.2) is 41.1 Å². The lowest BCUT2D eigenvalue weighted by atomic mass is 10.0. The molecule has 6 nitrogen and oxygen atoms in total. The van der Waals surface area contributed by atoms with Crippen molar-refractivity contribution in [2.24, 2.45) is 0 Å². The number of carbonyl (C=O) groups excluding carboxylic acids is 1. The van der Waals surface area contributed by atoms with Gasteiger partial charge in [0.2, 0.25) is 0 Å². The van der Waals surface area contributed by atoms with E-state index in [-0.39, 0.29) is 28.9 Å².